The summed E-state index contributed by atoms with van der Waals surface area (Å²) >= 11 is 0. The molecule has 1 unspecified atom stereocenters. The van der Waals surface area contributed by atoms with E-state index >= 15 is 0 Å². The molecule has 2 N–H and O–H groups in total. The summed E-state index contributed by atoms with van der Waals surface area (Å²) in [7, 11) is -2.84. The van der Waals surface area contributed by atoms with Crippen molar-refractivity contribution >= 4 is 9.84 Å². The molecular formula is C7H11N3O3S. The van der Waals surface area contributed by atoms with Gasteiger partial charge in [-0.15, -0.1) is 0 Å². The molecular weight excluding hydrogens is 206 g/mol. The summed E-state index contributed by atoms with van der Waals surface area (Å²) in [6.07, 6.45) is 0. The number of hydrogen-bond donors (Lipinski definition) is 1. The van der Waals surface area contributed by atoms with E-state index in [1.54, 1.807) is 6.92 Å². The van der Waals surface area contributed by atoms with Crippen LogP contribution in [0.5, 0.6) is 0 Å². The van der Waals surface area contributed by atoms with Crippen LogP contribution in [0.25, 0.3) is 0 Å². The summed E-state index contributed by atoms with van der Waals surface area (Å²) in [6.45, 7) is 1.73. The van der Waals surface area contributed by atoms with Gasteiger partial charge in [-0.2, -0.15) is 4.98 Å². The summed E-state index contributed by atoms with van der Waals surface area (Å²) in [5, 5.41) is 3.69. The molecule has 1 aromatic rings. The highest BCUT2D eigenvalue weighted by atomic mass is 32.2. The normalized spacial score (nSPS) is 23.0. The van der Waals surface area contributed by atoms with E-state index in [0.717, 1.165) is 0 Å². The first-order valence-corrected chi connectivity index (χ1v) is 6.09. The van der Waals surface area contributed by atoms with Crippen molar-refractivity contribution in [1.82, 2.24) is 10.1 Å². The number of hydrogen-bond acceptors (Lipinski definition) is 6. The summed E-state index contributed by atoms with van der Waals surface area (Å²) in [6, 6.07) is -0.312. The molecule has 2 heterocycles. The molecule has 1 fully saturated rings. The molecule has 78 valence electrons. The molecule has 0 amide bonds. The first-order chi connectivity index (χ1) is 6.48. The van der Waals surface area contributed by atoms with Crippen LogP contribution in [0.3, 0.4) is 0 Å². The van der Waals surface area contributed by atoms with Gasteiger partial charge in [0, 0.05) is 0 Å². The third-order valence-corrected chi connectivity index (χ3v) is 3.94. The fraction of sp³-hybridized carbons (Fsp3) is 0.714. The molecule has 14 heavy (non-hydrogen) atoms. The van der Waals surface area contributed by atoms with Crippen LogP contribution in [0.2, 0.25) is 0 Å². The number of sulfone groups is 1. The molecule has 0 aromatic carbocycles. The maximum atomic E-state index is 10.9. The van der Waals surface area contributed by atoms with Gasteiger partial charge in [0.15, 0.2) is 15.7 Å². The van der Waals surface area contributed by atoms with Gasteiger partial charge < -0.3 is 10.3 Å². The van der Waals surface area contributed by atoms with Crippen LogP contribution >= 0.6 is 0 Å². The van der Waals surface area contributed by atoms with E-state index in [2.05, 4.69) is 10.1 Å². The van der Waals surface area contributed by atoms with E-state index in [9.17, 15) is 8.42 Å². The number of nitrogens with two attached hydrogens (primary N) is 1. The highest BCUT2D eigenvalue weighted by molar-refractivity contribution is 7.92. The Morgan fingerprint density at radius 2 is 2.21 bits per heavy atom. The van der Waals surface area contributed by atoms with Crippen LogP contribution in [-0.2, 0) is 9.84 Å². The third-order valence-electron chi connectivity index (χ3n) is 2.12. The lowest BCUT2D eigenvalue weighted by atomic mass is 10.2. The molecule has 0 aliphatic carbocycles. The zero-order valence-corrected chi connectivity index (χ0v) is 8.49. The Hall–Kier alpha value is -0.950. The molecule has 2 rings (SSSR count). The minimum absolute atomic E-state index is 0.115. The van der Waals surface area contributed by atoms with Gasteiger partial charge >= 0.3 is 0 Å². The quantitative estimate of drug-likeness (QED) is 0.723. The van der Waals surface area contributed by atoms with Crippen molar-refractivity contribution in [3.63, 3.8) is 0 Å². The summed E-state index contributed by atoms with van der Waals surface area (Å²) in [5.74, 6) is 0.920. The van der Waals surface area contributed by atoms with Gasteiger partial charge in [-0.3, -0.25) is 0 Å². The van der Waals surface area contributed by atoms with Crippen LogP contribution < -0.4 is 5.73 Å². The van der Waals surface area contributed by atoms with Crippen molar-refractivity contribution in [2.24, 2.45) is 5.73 Å². The van der Waals surface area contributed by atoms with Gasteiger partial charge in [0.25, 0.3) is 0 Å². The van der Waals surface area contributed by atoms with Crippen LogP contribution in [0.15, 0.2) is 4.52 Å². The van der Waals surface area contributed by atoms with Gasteiger partial charge in [0.1, 0.15) is 0 Å². The lowest BCUT2D eigenvalue weighted by Gasteiger charge is -2.21. The van der Waals surface area contributed by atoms with Gasteiger partial charge in [0.05, 0.1) is 23.5 Å². The van der Waals surface area contributed by atoms with Crippen LogP contribution in [0, 0.1) is 0 Å². The lowest BCUT2D eigenvalue weighted by Crippen LogP contribution is -2.34. The van der Waals surface area contributed by atoms with Gasteiger partial charge in [-0.25, -0.2) is 8.42 Å². The highest BCUT2D eigenvalue weighted by Crippen LogP contribution is 2.27. The Labute approximate surface area is 81.4 Å². The Morgan fingerprint density at radius 3 is 2.64 bits per heavy atom. The second kappa shape index (κ2) is 3.03. The van der Waals surface area contributed by atoms with Crippen molar-refractivity contribution in [3.8, 4) is 0 Å². The van der Waals surface area contributed by atoms with E-state index in [1.165, 1.54) is 0 Å². The van der Waals surface area contributed by atoms with Crippen LogP contribution in [0.1, 0.15) is 30.6 Å². The first-order valence-electron chi connectivity index (χ1n) is 4.27. The van der Waals surface area contributed by atoms with Gasteiger partial charge in [-0.1, -0.05) is 5.16 Å². The van der Waals surface area contributed by atoms with E-state index < -0.39 is 9.84 Å². The fourth-order valence-corrected chi connectivity index (χ4v) is 2.74. The minimum Gasteiger partial charge on any atom is -0.338 e. The monoisotopic (exact) mass is 217 g/mol. The number of aromatic nitrogens is 2. The molecule has 0 radical (unpaired) electrons. The Bertz CT molecular complexity index is 425. The maximum absolute atomic E-state index is 10.9. The summed E-state index contributed by atoms with van der Waals surface area (Å²) in [4.78, 5) is 4.03. The molecule has 1 aliphatic heterocycles. The van der Waals surface area contributed by atoms with Crippen LogP contribution in [-0.4, -0.2) is 30.1 Å². The topological polar surface area (TPSA) is 99.1 Å². The van der Waals surface area contributed by atoms with E-state index in [0.29, 0.717) is 11.7 Å². The minimum atomic E-state index is -2.84. The van der Waals surface area contributed by atoms with Crippen molar-refractivity contribution in [2.75, 3.05) is 11.5 Å². The van der Waals surface area contributed by atoms with Gasteiger partial charge in [0.2, 0.25) is 5.89 Å². The molecule has 0 spiro atoms. The molecule has 1 saturated heterocycles. The van der Waals surface area contributed by atoms with Crippen molar-refractivity contribution in [1.29, 1.82) is 0 Å². The smallest absolute Gasteiger partial charge is 0.243 e. The average molecular weight is 217 g/mol. The fourth-order valence-electron chi connectivity index (χ4n) is 1.31. The Kier molecular flexibility index (Phi) is 2.07. The van der Waals surface area contributed by atoms with E-state index in [1.807, 2.05) is 0 Å². The van der Waals surface area contributed by atoms with Crippen molar-refractivity contribution in [3.05, 3.63) is 11.7 Å². The van der Waals surface area contributed by atoms with Crippen molar-refractivity contribution in [2.45, 2.75) is 18.9 Å². The molecule has 1 atom stereocenters. The second-order valence-electron chi connectivity index (χ2n) is 3.55. The second-order valence-corrected chi connectivity index (χ2v) is 5.71. The predicted octanol–water partition coefficient (Wildman–Crippen LogP) is -0.399. The number of nitrogens with zero attached hydrogens (tertiary/aromatic N) is 2. The highest BCUT2D eigenvalue weighted by Gasteiger charge is 2.37. The van der Waals surface area contributed by atoms with E-state index in [4.69, 9.17) is 10.3 Å². The zero-order valence-electron chi connectivity index (χ0n) is 7.67. The standard InChI is InChI=1S/C7H11N3O3S/c1-4(8)7-9-6(10-13-7)5-2-14(11,12)3-5/h4-5H,2-3,8H2,1H3. The molecule has 0 bridgehead atoms. The van der Waals surface area contributed by atoms with Crippen LogP contribution in [0.4, 0.5) is 0 Å². The Balaban J connectivity index is 2.12. The van der Waals surface area contributed by atoms with Gasteiger partial charge in [-0.05, 0) is 6.92 Å². The third kappa shape index (κ3) is 1.64. The SMILES string of the molecule is CC(N)c1nc(C2CS(=O)(=O)C2)no1. The Morgan fingerprint density at radius 1 is 1.57 bits per heavy atom. The number of rotatable bonds is 2. The van der Waals surface area contributed by atoms with E-state index in [-0.39, 0.29) is 23.5 Å². The summed E-state index contributed by atoms with van der Waals surface area (Å²) in [5.41, 5.74) is 5.53. The van der Waals surface area contributed by atoms with Crippen molar-refractivity contribution < 1.29 is 12.9 Å². The first kappa shape index (κ1) is 9.60. The molecule has 7 heteroatoms. The molecule has 6 nitrogen and oxygen atoms in total. The molecule has 0 saturated carbocycles. The molecule has 1 aromatic heterocycles. The predicted molar refractivity (Wildman–Crippen MR) is 48.3 cm³/mol. The zero-order chi connectivity index (χ0) is 10.3. The molecule has 1 aliphatic rings. The maximum Gasteiger partial charge on any atom is 0.243 e. The summed E-state index contributed by atoms with van der Waals surface area (Å²) < 4.78 is 26.7. The average Bonchev–Trinajstić information content (AvgIpc) is 2.47. The largest absolute Gasteiger partial charge is 0.338 e. The lowest BCUT2D eigenvalue weighted by molar-refractivity contribution is 0.355.